The first-order chi connectivity index (χ1) is 11.0. The van der Waals surface area contributed by atoms with Crippen LogP contribution in [0.5, 0.6) is 0 Å². The van der Waals surface area contributed by atoms with Crippen molar-refractivity contribution < 1.29 is 43.2 Å². The predicted molar refractivity (Wildman–Crippen MR) is 75.7 cm³/mol. The van der Waals surface area contributed by atoms with Gasteiger partial charge in [-0.05, 0) is 6.92 Å². The highest BCUT2D eigenvalue weighted by Gasteiger charge is 2.14. The molecule has 0 rings (SSSR count). The number of carboxylic acids is 1. The quantitative estimate of drug-likeness (QED) is 0.264. The number of hydrogen-bond acceptors (Lipinski definition) is 8. The van der Waals surface area contributed by atoms with Gasteiger partial charge in [0.2, 0.25) is 5.78 Å². The van der Waals surface area contributed by atoms with Crippen molar-refractivity contribution in [1.82, 2.24) is 0 Å². The summed E-state index contributed by atoms with van der Waals surface area (Å²) in [6.07, 6.45) is -0.480. The summed E-state index contributed by atoms with van der Waals surface area (Å²) in [6, 6.07) is 0. The monoisotopic (exact) mass is 334 g/mol. The third-order valence-corrected chi connectivity index (χ3v) is 2.41. The third kappa shape index (κ3) is 13.4. The van der Waals surface area contributed by atoms with Crippen molar-refractivity contribution in [2.24, 2.45) is 0 Å². The predicted octanol–water partition coefficient (Wildman–Crippen LogP) is -0.0501. The molecule has 23 heavy (non-hydrogen) atoms. The SMILES string of the molecule is CCOC(=O)CCOCCOCCOC(=O)CCC(=O)C(=O)O. The summed E-state index contributed by atoms with van der Waals surface area (Å²) in [5.74, 6) is -3.57. The van der Waals surface area contributed by atoms with Crippen LogP contribution in [0.15, 0.2) is 0 Å². The van der Waals surface area contributed by atoms with Crippen molar-refractivity contribution in [2.45, 2.75) is 26.2 Å². The van der Waals surface area contributed by atoms with Crippen molar-refractivity contribution in [2.75, 3.05) is 39.6 Å². The molecule has 0 aliphatic carbocycles. The van der Waals surface area contributed by atoms with Crippen LogP contribution in [0.4, 0.5) is 0 Å². The van der Waals surface area contributed by atoms with Crippen molar-refractivity contribution in [3.63, 3.8) is 0 Å². The van der Waals surface area contributed by atoms with Crippen LogP contribution < -0.4 is 0 Å². The molecule has 0 atom stereocenters. The van der Waals surface area contributed by atoms with E-state index in [0.29, 0.717) is 13.2 Å². The Balaban J connectivity index is 3.36. The van der Waals surface area contributed by atoms with Crippen LogP contribution in [-0.4, -0.2) is 68.4 Å². The molecule has 0 bridgehead atoms. The molecule has 0 spiro atoms. The molecule has 0 radical (unpaired) electrons. The second-order valence-electron chi connectivity index (χ2n) is 4.23. The molecule has 0 amide bonds. The number of carbonyl (C=O) groups is 4. The molecular formula is C14H22O9. The largest absolute Gasteiger partial charge is 0.476 e. The smallest absolute Gasteiger partial charge is 0.372 e. The Kier molecular flexibility index (Phi) is 12.5. The average Bonchev–Trinajstić information content (AvgIpc) is 2.51. The van der Waals surface area contributed by atoms with Crippen LogP contribution in [0.3, 0.4) is 0 Å². The molecule has 0 aliphatic heterocycles. The van der Waals surface area contributed by atoms with Crippen LogP contribution in [0.2, 0.25) is 0 Å². The molecule has 132 valence electrons. The van der Waals surface area contributed by atoms with E-state index in [1.165, 1.54) is 0 Å². The first-order valence-electron chi connectivity index (χ1n) is 7.20. The Morgan fingerprint density at radius 3 is 1.91 bits per heavy atom. The van der Waals surface area contributed by atoms with E-state index < -0.39 is 17.7 Å². The molecule has 0 saturated carbocycles. The third-order valence-electron chi connectivity index (χ3n) is 2.41. The summed E-state index contributed by atoms with van der Waals surface area (Å²) in [6.45, 7) is 3.03. The van der Waals surface area contributed by atoms with Gasteiger partial charge < -0.3 is 24.1 Å². The summed E-state index contributed by atoms with van der Waals surface area (Å²) in [7, 11) is 0. The number of rotatable bonds is 14. The van der Waals surface area contributed by atoms with Gasteiger partial charge in [0, 0.05) is 6.42 Å². The van der Waals surface area contributed by atoms with E-state index in [1.807, 2.05) is 0 Å². The van der Waals surface area contributed by atoms with Gasteiger partial charge in [0.25, 0.3) is 0 Å². The van der Waals surface area contributed by atoms with E-state index in [4.69, 9.17) is 24.1 Å². The second-order valence-corrected chi connectivity index (χ2v) is 4.23. The van der Waals surface area contributed by atoms with Crippen molar-refractivity contribution in [3.8, 4) is 0 Å². The van der Waals surface area contributed by atoms with E-state index in [-0.39, 0.29) is 51.7 Å². The number of esters is 2. The van der Waals surface area contributed by atoms with E-state index in [2.05, 4.69) is 0 Å². The lowest BCUT2D eigenvalue weighted by Crippen LogP contribution is -2.17. The van der Waals surface area contributed by atoms with E-state index in [0.717, 1.165) is 0 Å². The van der Waals surface area contributed by atoms with Gasteiger partial charge in [0.05, 0.1) is 45.9 Å². The van der Waals surface area contributed by atoms with E-state index in [1.54, 1.807) is 6.92 Å². The van der Waals surface area contributed by atoms with Crippen LogP contribution in [0.25, 0.3) is 0 Å². The molecule has 0 aromatic rings. The van der Waals surface area contributed by atoms with Gasteiger partial charge in [0.15, 0.2) is 0 Å². The Hall–Kier alpha value is -2.00. The van der Waals surface area contributed by atoms with Crippen LogP contribution >= 0.6 is 0 Å². The lowest BCUT2D eigenvalue weighted by Gasteiger charge is -2.06. The van der Waals surface area contributed by atoms with Gasteiger partial charge in [0.1, 0.15) is 6.61 Å². The Labute approximate surface area is 133 Å². The average molecular weight is 334 g/mol. The number of hydrogen-bond donors (Lipinski definition) is 1. The van der Waals surface area contributed by atoms with Gasteiger partial charge in [-0.3, -0.25) is 14.4 Å². The minimum Gasteiger partial charge on any atom is -0.476 e. The topological polar surface area (TPSA) is 125 Å². The molecule has 0 heterocycles. The summed E-state index contributed by atoms with van der Waals surface area (Å²) in [5, 5.41) is 8.33. The van der Waals surface area contributed by atoms with Crippen molar-refractivity contribution >= 4 is 23.7 Å². The zero-order valence-electron chi connectivity index (χ0n) is 13.1. The second kappa shape index (κ2) is 13.6. The zero-order chi connectivity index (χ0) is 17.5. The standard InChI is InChI=1S/C14H22O9/c1-2-22-13(17)5-6-20-7-8-21-9-10-23-12(16)4-3-11(15)14(18)19/h2-10H2,1H3,(H,18,19). The highest BCUT2D eigenvalue weighted by Crippen LogP contribution is 1.95. The molecule has 0 saturated heterocycles. The Morgan fingerprint density at radius 1 is 0.739 bits per heavy atom. The normalized spacial score (nSPS) is 10.1. The maximum absolute atomic E-state index is 11.2. The van der Waals surface area contributed by atoms with Gasteiger partial charge in [-0.15, -0.1) is 0 Å². The molecule has 9 nitrogen and oxygen atoms in total. The molecule has 0 fully saturated rings. The van der Waals surface area contributed by atoms with Crippen LogP contribution in [0.1, 0.15) is 26.2 Å². The Bertz CT molecular complexity index is 392. The first kappa shape index (κ1) is 21.0. The number of ether oxygens (including phenoxy) is 4. The van der Waals surface area contributed by atoms with Crippen LogP contribution in [-0.2, 0) is 38.1 Å². The maximum Gasteiger partial charge on any atom is 0.372 e. The number of carboxylic acid groups (broad SMARTS) is 1. The molecule has 0 aromatic heterocycles. The summed E-state index contributed by atoms with van der Waals surface area (Å²) in [4.78, 5) is 43.1. The summed E-state index contributed by atoms with van der Waals surface area (Å²) in [5.41, 5.74) is 0. The minimum absolute atomic E-state index is 0.00290. The highest BCUT2D eigenvalue weighted by atomic mass is 16.6. The Morgan fingerprint density at radius 2 is 1.30 bits per heavy atom. The fraction of sp³-hybridized carbons (Fsp3) is 0.714. The molecular weight excluding hydrogens is 312 g/mol. The first-order valence-corrected chi connectivity index (χ1v) is 7.20. The molecule has 0 unspecified atom stereocenters. The molecule has 1 N–H and O–H groups in total. The lowest BCUT2D eigenvalue weighted by atomic mass is 10.2. The molecule has 9 heteroatoms. The van der Waals surface area contributed by atoms with Crippen molar-refractivity contribution in [3.05, 3.63) is 0 Å². The van der Waals surface area contributed by atoms with Gasteiger partial charge in [-0.2, -0.15) is 0 Å². The highest BCUT2D eigenvalue weighted by molar-refractivity contribution is 6.32. The number of Topliss-reactive ketones (excluding diaryl/α,β-unsaturated/α-hetero) is 1. The van der Waals surface area contributed by atoms with Gasteiger partial charge in [-0.1, -0.05) is 0 Å². The van der Waals surface area contributed by atoms with E-state index >= 15 is 0 Å². The molecule has 0 aliphatic rings. The number of carbonyl (C=O) groups excluding carboxylic acids is 3. The number of ketones is 1. The van der Waals surface area contributed by atoms with E-state index in [9.17, 15) is 19.2 Å². The van der Waals surface area contributed by atoms with Gasteiger partial charge >= 0.3 is 17.9 Å². The zero-order valence-corrected chi connectivity index (χ0v) is 13.1. The molecule has 0 aromatic carbocycles. The minimum atomic E-state index is -1.57. The van der Waals surface area contributed by atoms with Crippen LogP contribution in [0, 0.1) is 0 Å². The van der Waals surface area contributed by atoms with Gasteiger partial charge in [-0.25, -0.2) is 4.79 Å². The van der Waals surface area contributed by atoms with Crippen molar-refractivity contribution in [1.29, 1.82) is 0 Å². The number of aliphatic carboxylic acids is 1. The lowest BCUT2D eigenvalue weighted by molar-refractivity contribution is -0.151. The fourth-order valence-corrected chi connectivity index (χ4v) is 1.32. The fourth-order valence-electron chi connectivity index (χ4n) is 1.32. The summed E-state index contributed by atoms with van der Waals surface area (Å²) >= 11 is 0. The maximum atomic E-state index is 11.2. The summed E-state index contributed by atoms with van der Waals surface area (Å²) < 4.78 is 19.7.